The molecule has 0 unspecified atom stereocenters. The zero-order chi connectivity index (χ0) is 18.2. The van der Waals surface area contributed by atoms with E-state index in [2.05, 4.69) is 4.98 Å². The van der Waals surface area contributed by atoms with Gasteiger partial charge in [0.2, 0.25) is 10.0 Å². The highest BCUT2D eigenvalue weighted by Crippen LogP contribution is 2.32. The van der Waals surface area contributed by atoms with Gasteiger partial charge in [0.15, 0.2) is 0 Å². The molecule has 0 aliphatic carbocycles. The van der Waals surface area contributed by atoms with E-state index in [1.54, 1.807) is 12.3 Å². The second-order valence-corrected chi connectivity index (χ2v) is 7.42. The summed E-state index contributed by atoms with van der Waals surface area (Å²) in [6.07, 6.45) is 1.67. The summed E-state index contributed by atoms with van der Waals surface area (Å²) in [5.74, 6) is -0.880. The van der Waals surface area contributed by atoms with Crippen molar-refractivity contribution in [3.05, 3.63) is 71.7 Å². The Balaban J connectivity index is 2.16. The fourth-order valence-corrected chi connectivity index (χ4v) is 3.24. The van der Waals surface area contributed by atoms with Crippen molar-refractivity contribution in [2.75, 3.05) is 0 Å². The summed E-state index contributed by atoms with van der Waals surface area (Å²) in [7, 11) is -4.10. The van der Waals surface area contributed by atoms with Crippen LogP contribution in [0.5, 0.6) is 0 Å². The first kappa shape index (κ1) is 17.3. The fraction of sp³-hybridized carbons (Fsp3) is 0.105. The summed E-state index contributed by atoms with van der Waals surface area (Å²) in [5, 5.41) is 5.02. The summed E-state index contributed by atoms with van der Waals surface area (Å²) in [4.78, 5) is 3.91. The molecule has 1 heterocycles. The molecule has 0 spiro atoms. The molecule has 0 bridgehead atoms. The minimum absolute atomic E-state index is 0.520. The number of rotatable bonds is 3. The zero-order valence-corrected chi connectivity index (χ0v) is 14.6. The van der Waals surface area contributed by atoms with Crippen LogP contribution >= 0.6 is 0 Å². The molecule has 0 radical (unpaired) electrons. The summed E-state index contributed by atoms with van der Waals surface area (Å²) in [6, 6.07) is 13.4. The van der Waals surface area contributed by atoms with Gasteiger partial charge < -0.3 is 0 Å². The maximum atomic E-state index is 14.2. The Hall–Kier alpha value is -2.57. The van der Waals surface area contributed by atoms with Gasteiger partial charge in [0.05, 0.1) is 5.69 Å². The molecule has 0 saturated carbocycles. The molecule has 3 aromatic rings. The van der Waals surface area contributed by atoms with Crippen LogP contribution in [0.4, 0.5) is 4.39 Å². The van der Waals surface area contributed by atoms with Crippen LogP contribution in [0.1, 0.15) is 11.1 Å². The second kappa shape index (κ2) is 6.38. The summed E-state index contributed by atoms with van der Waals surface area (Å²) < 4.78 is 37.0. The third kappa shape index (κ3) is 3.45. The third-order valence-corrected chi connectivity index (χ3v) is 5.08. The lowest BCUT2D eigenvalue weighted by molar-refractivity contribution is 0.568. The van der Waals surface area contributed by atoms with Gasteiger partial charge in [-0.25, -0.2) is 17.9 Å². The van der Waals surface area contributed by atoms with Crippen LogP contribution in [-0.4, -0.2) is 13.4 Å². The smallest absolute Gasteiger partial charge is 0.240 e. The van der Waals surface area contributed by atoms with Crippen molar-refractivity contribution in [3.8, 4) is 22.4 Å². The molecule has 128 valence electrons. The van der Waals surface area contributed by atoms with Crippen LogP contribution in [0.3, 0.4) is 0 Å². The van der Waals surface area contributed by atoms with Crippen molar-refractivity contribution >= 4 is 10.0 Å². The molecule has 1 aromatic heterocycles. The maximum absolute atomic E-state index is 14.2. The van der Waals surface area contributed by atoms with E-state index in [1.165, 1.54) is 23.8 Å². The number of aryl methyl sites for hydroxylation is 2. The Labute approximate surface area is 146 Å². The molecular formula is C19H17FN2O2S. The number of aromatic nitrogens is 1. The van der Waals surface area contributed by atoms with Gasteiger partial charge in [-0.2, -0.15) is 0 Å². The van der Waals surface area contributed by atoms with Gasteiger partial charge in [-0.05, 0) is 54.8 Å². The Kier molecular flexibility index (Phi) is 4.41. The van der Waals surface area contributed by atoms with Crippen molar-refractivity contribution < 1.29 is 12.8 Å². The van der Waals surface area contributed by atoms with Crippen molar-refractivity contribution in [1.82, 2.24) is 4.98 Å². The topological polar surface area (TPSA) is 73.0 Å². The number of hydrogen-bond acceptors (Lipinski definition) is 3. The number of nitrogens with two attached hydrogens (primary N) is 1. The van der Waals surface area contributed by atoms with Gasteiger partial charge in [-0.3, -0.25) is 4.98 Å². The first-order chi connectivity index (χ1) is 11.8. The van der Waals surface area contributed by atoms with E-state index < -0.39 is 20.7 Å². The molecule has 3 rings (SSSR count). The molecule has 0 saturated heterocycles. The molecule has 0 aliphatic rings. The number of primary sulfonamides is 1. The number of sulfonamides is 1. The molecule has 2 N–H and O–H groups in total. The minimum Gasteiger partial charge on any atom is -0.256 e. The average molecular weight is 356 g/mol. The largest absolute Gasteiger partial charge is 0.256 e. The average Bonchev–Trinajstić information content (AvgIpc) is 2.56. The summed E-state index contributed by atoms with van der Waals surface area (Å²) in [5.41, 5.74) is 5.16. The number of benzene rings is 2. The Morgan fingerprint density at radius 3 is 2.32 bits per heavy atom. The standard InChI is InChI=1S/C19H17FN2O2S/c1-12-5-6-15(10-13(12)2)19-16(4-3-9-22-19)14-7-8-18(17(20)11-14)25(21,23)24/h3-11H,1-2H3,(H2,21,23,24). The maximum Gasteiger partial charge on any atom is 0.240 e. The van der Waals surface area contributed by atoms with Crippen LogP contribution in [0, 0.1) is 19.7 Å². The normalized spacial score (nSPS) is 11.5. The highest BCUT2D eigenvalue weighted by atomic mass is 32.2. The second-order valence-electron chi connectivity index (χ2n) is 5.89. The van der Waals surface area contributed by atoms with Crippen LogP contribution in [0.2, 0.25) is 0 Å². The van der Waals surface area contributed by atoms with Gasteiger partial charge in [-0.15, -0.1) is 0 Å². The molecule has 0 atom stereocenters. The van der Waals surface area contributed by atoms with E-state index >= 15 is 0 Å². The van der Waals surface area contributed by atoms with E-state index in [1.807, 2.05) is 38.1 Å². The Morgan fingerprint density at radius 1 is 0.960 bits per heavy atom. The number of pyridine rings is 1. The lowest BCUT2D eigenvalue weighted by atomic mass is 9.97. The van der Waals surface area contributed by atoms with Gasteiger partial charge in [-0.1, -0.05) is 24.3 Å². The van der Waals surface area contributed by atoms with Gasteiger partial charge in [0.25, 0.3) is 0 Å². The van der Waals surface area contributed by atoms with Gasteiger partial charge >= 0.3 is 0 Å². The molecule has 25 heavy (non-hydrogen) atoms. The molecule has 4 nitrogen and oxygen atoms in total. The molecule has 0 aliphatic heterocycles. The van der Waals surface area contributed by atoms with Crippen LogP contribution in [0.15, 0.2) is 59.6 Å². The van der Waals surface area contributed by atoms with E-state index in [0.717, 1.165) is 11.1 Å². The molecule has 6 heteroatoms. The third-order valence-electron chi connectivity index (χ3n) is 4.14. The van der Waals surface area contributed by atoms with Gasteiger partial charge in [0.1, 0.15) is 10.7 Å². The number of hydrogen-bond donors (Lipinski definition) is 1. The fourth-order valence-electron chi connectivity index (χ4n) is 2.66. The summed E-state index contributed by atoms with van der Waals surface area (Å²) >= 11 is 0. The first-order valence-corrected chi connectivity index (χ1v) is 9.17. The Bertz CT molecular complexity index is 1060. The van der Waals surface area contributed by atoms with E-state index in [0.29, 0.717) is 16.8 Å². The summed E-state index contributed by atoms with van der Waals surface area (Å²) in [6.45, 7) is 4.04. The molecule has 0 amide bonds. The van der Waals surface area contributed by atoms with Gasteiger partial charge in [0, 0.05) is 17.3 Å². The molecular weight excluding hydrogens is 339 g/mol. The van der Waals surface area contributed by atoms with Crippen molar-refractivity contribution in [3.63, 3.8) is 0 Å². The predicted octanol–water partition coefficient (Wildman–Crippen LogP) is 3.82. The monoisotopic (exact) mass is 356 g/mol. The van der Waals surface area contributed by atoms with Crippen molar-refractivity contribution in [1.29, 1.82) is 0 Å². The van der Waals surface area contributed by atoms with E-state index in [4.69, 9.17) is 5.14 Å². The molecule has 2 aromatic carbocycles. The van der Waals surface area contributed by atoms with E-state index in [-0.39, 0.29) is 0 Å². The number of halogens is 1. The zero-order valence-electron chi connectivity index (χ0n) is 13.8. The van der Waals surface area contributed by atoms with Crippen LogP contribution in [0.25, 0.3) is 22.4 Å². The van der Waals surface area contributed by atoms with Crippen molar-refractivity contribution in [2.24, 2.45) is 5.14 Å². The lowest BCUT2D eigenvalue weighted by Gasteiger charge is -2.11. The highest BCUT2D eigenvalue weighted by Gasteiger charge is 2.16. The van der Waals surface area contributed by atoms with Crippen molar-refractivity contribution in [2.45, 2.75) is 18.7 Å². The minimum atomic E-state index is -4.10. The lowest BCUT2D eigenvalue weighted by Crippen LogP contribution is -2.13. The quantitative estimate of drug-likeness (QED) is 0.775. The highest BCUT2D eigenvalue weighted by molar-refractivity contribution is 7.89. The Morgan fingerprint density at radius 2 is 1.68 bits per heavy atom. The molecule has 0 fully saturated rings. The predicted molar refractivity (Wildman–Crippen MR) is 95.9 cm³/mol. The SMILES string of the molecule is Cc1ccc(-c2ncccc2-c2ccc(S(N)(=O)=O)c(F)c2)cc1C. The van der Waals surface area contributed by atoms with Crippen LogP contribution < -0.4 is 5.14 Å². The van der Waals surface area contributed by atoms with E-state index in [9.17, 15) is 12.8 Å². The van der Waals surface area contributed by atoms with Crippen LogP contribution in [-0.2, 0) is 10.0 Å². The first-order valence-electron chi connectivity index (χ1n) is 7.63. The number of nitrogens with zero attached hydrogens (tertiary/aromatic N) is 1.